The lowest BCUT2D eigenvalue weighted by molar-refractivity contribution is 0.0952. The van der Waals surface area contributed by atoms with Crippen molar-refractivity contribution < 1.29 is 4.79 Å². The highest BCUT2D eigenvalue weighted by atomic mass is 79.9. The number of amides is 1. The zero-order valence-corrected chi connectivity index (χ0v) is 18.3. The van der Waals surface area contributed by atoms with Crippen LogP contribution < -0.4 is 10.2 Å². The summed E-state index contributed by atoms with van der Waals surface area (Å²) >= 11 is 6.63. The number of fused-ring (bicyclic) bond motifs is 1. The first-order valence-electron chi connectivity index (χ1n) is 8.97. The van der Waals surface area contributed by atoms with Crippen molar-refractivity contribution in [3.63, 3.8) is 0 Å². The normalized spacial score (nSPS) is 15.4. The Balaban J connectivity index is 1.26. The summed E-state index contributed by atoms with van der Waals surface area (Å²) in [6, 6.07) is 10.1. The van der Waals surface area contributed by atoms with Gasteiger partial charge in [-0.2, -0.15) is 0 Å². The van der Waals surface area contributed by atoms with Gasteiger partial charge in [-0.05, 0) is 46.6 Å². The molecule has 0 spiro atoms. The number of hydrogen-bond donors (Lipinski definition) is 1. The number of nitrogens with zero attached hydrogens (tertiary/aromatic N) is 3. The highest BCUT2D eigenvalue weighted by molar-refractivity contribution is 9.11. The van der Waals surface area contributed by atoms with E-state index >= 15 is 0 Å². The summed E-state index contributed by atoms with van der Waals surface area (Å²) in [5.41, 5.74) is 2.37. The Bertz CT molecular complexity index is 946. The molecule has 1 aromatic carbocycles. The first kappa shape index (κ1) is 18.9. The number of carbonyl (C=O) groups is 1. The number of aryl methyl sites for hydroxylation is 1. The molecule has 4 rings (SSSR count). The van der Waals surface area contributed by atoms with Crippen LogP contribution in [0.1, 0.15) is 15.2 Å². The third kappa shape index (κ3) is 4.34. The first-order chi connectivity index (χ1) is 13.1. The van der Waals surface area contributed by atoms with E-state index in [9.17, 15) is 4.79 Å². The molecule has 3 heterocycles. The Morgan fingerprint density at radius 3 is 2.70 bits per heavy atom. The van der Waals surface area contributed by atoms with E-state index in [1.807, 2.05) is 12.1 Å². The maximum atomic E-state index is 12.1. The van der Waals surface area contributed by atoms with Crippen molar-refractivity contribution in [1.29, 1.82) is 0 Å². The van der Waals surface area contributed by atoms with Crippen LogP contribution in [0.4, 0.5) is 5.13 Å². The quantitative estimate of drug-likeness (QED) is 0.620. The molecule has 0 radical (unpaired) electrons. The van der Waals surface area contributed by atoms with Gasteiger partial charge in [0.05, 0.1) is 18.9 Å². The van der Waals surface area contributed by atoms with Gasteiger partial charge >= 0.3 is 0 Å². The highest BCUT2D eigenvalue weighted by Gasteiger charge is 2.20. The number of carbonyl (C=O) groups excluding carboxylic acids is 1. The summed E-state index contributed by atoms with van der Waals surface area (Å²) in [4.78, 5) is 22.5. The minimum atomic E-state index is 0.00850. The molecule has 3 aromatic rings. The van der Waals surface area contributed by atoms with Crippen LogP contribution in [0, 0.1) is 6.92 Å². The number of thiophene rings is 1. The molecule has 1 amide bonds. The minimum Gasteiger partial charge on any atom is -0.350 e. The SMILES string of the molecule is Cc1cccc2sc(N3CCN(CCNC(=O)c4ccc(Br)s4)CC3)nc12. The van der Waals surface area contributed by atoms with Crippen LogP contribution in [0.25, 0.3) is 10.2 Å². The predicted octanol–water partition coefficient (Wildman–Crippen LogP) is 3.98. The number of para-hydroxylation sites is 1. The van der Waals surface area contributed by atoms with Crippen molar-refractivity contribution in [3.8, 4) is 0 Å². The lowest BCUT2D eigenvalue weighted by atomic mass is 10.2. The topological polar surface area (TPSA) is 48.5 Å². The van der Waals surface area contributed by atoms with Gasteiger partial charge in [0.1, 0.15) is 0 Å². The molecule has 142 valence electrons. The molecule has 8 heteroatoms. The van der Waals surface area contributed by atoms with Crippen molar-refractivity contribution >= 4 is 59.9 Å². The molecule has 1 N–H and O–H groups in total. The number of nitrogens with one attached hydrogen (secondary N) is 1. The van der Waals surface area contributed by atoms with Crippen LogP contribution in [-0.2, 0) is 0 Å². The fourth-order valence-corrected chi connectivity index (χ4v) is 5.62. The van der Waals surface area contributed by atoms with Gasteiger partial charge in [-0.15, -0.1) is 11.3 Å². The largest absolute Gasteiger partial charge is 0.350 e. The highest BCUT2D eigenvalue weighted by Crippen LogP contribution is 2.31. The van der Waals surface area contributed by atoms with Crippen LogP contribution in [0.15, 0.2) is 34.1 Å². The third-order valence-electron chi connectivity index (χ3n) is 4.76. The number of anilines is 1. The monoisotopic (exact) mass is 464 g/mol. The minimum absolute atomic E-state index is 0.00850. The van der Waals surface area contributed by atoms with Crippen LogP contribution in [0.3, 0.4) is 0 Å². The average molecular weight is 465 g/mol. The fraction of sp³-hybridized carbons (Fsp3) is 0.368. The van der Waals surface area contributed by atoms with E-state index < -0.39 is 0 Å². The van der Waals surface area contributed by atoms with Gasteiger partial charge in [0, 0.05) is 39.3 Å². The molecule has 1 aliphatic heterocycles. The van der Waals surface area contributed by atoms with Gasteiger partial charge in [-0.3, -0.25) is 9.69 Å². The van der Waals surface area contributed by atoms with Crippen LogP contribution in [0.5, 0.6) is 0 Å². The van der Waals surface area contributed by atoms with E-state index in [0.717, 1.165) is 52.0 Å². The van der Waals surface area contributed by atoms with Crippen molar-refractivity contribution in [2.75, 3.05) is 44.2 Å². The van der Waals surface area contributed by atoms with Crippen molar-refractivity contribution in [2.24, 2.45) is 0 Å². The van der Waals surface area contributed by atoms with E-state index in [2.05, 4.69) is 56.2 Å². The molecule has 0 unspecified atom stereocenters. The van der Waals surface area contributed by atoms with Gasteiger partial charge in [0.15, 0.2) is 5.13 Å². The fourth-order valence-electron chi connectivity index (χ4n) is 3.22. The molecule has 5 nitrogen and oxygen atoms in total. The number of aromatic nitrogens is 1. The first-order valence-corrected chi connectivity index (χ1v) is 11.4. The molecule has 27 heavy (non-hydrogen) atoms. The lowest BCUT2D eigenvalue weighted by Gasteiger charge is -2.34. The zero-order chi connectivity index (χ0) is 18.8. The Kier molecular flexibility index (Phi) is 5.77. The van der Waals surface area contributed by atoms with Crippen molar-refractivity contribution in [3.05, 3.63) is 44.6 Å². The van der Waals surface area contributed by atoms with Gasteiger partial charge in [0.25, 0.3) is 5.91 Å². The van der Waals surface area contributed by atoms with E-state index in [1.54, 1.807) is 11.3 Å². The smallest absolute Gasteiger partial charge is 0.261 e. The van der Waals surface area contributed by atoms with Crippen molar-refractivity contribution in [2.45, 2.75) is 6.92 Å². The molecule has 1 aliphatic rings. The molecule has 0 atom stereocenters. The van der Waals surface area contributed by atoms with Crippen molar-refractivity contribution in [1.82, 2.24) is 15.2 Å². The number of piperazine rings is 1. The molecule has 1 saturated heterocycles. The second-order valence-corrected chi connectivity index (χ2v) is 10.1. The number of halogens is 1. The summed E-state index contributed by atoms with van der Waals surface area (Å²) < 4.78 is 2.24. The van der Waals surface area contributed by atoms with E-state index in [-0.39, 0.29) is 5.91 Å². The van der Waals surface area contributed by atoms with Gasteiger partial charge in [-0.25, -0.2) is 4.98 Å². The van der Waals surface area contributed by atoms with Gasteiger partial charge < -0.3 is 10.2 Å². The van der Waals surface area contributed by atoms with Crippen LogP contribution >= 0.6 is 38.6 Å². The van der Waals surface area contributed by atoms with E-state index in [4.69, 9.17) is 4.98 Å². The van der Waals surface area contributed by atoms with Crippen LogP contribution in [-0.4, -0.2) is 55.1 Å². The Morgan fingerprint density at radius 2 is 2.00 bits per heavy atom. The molecule has 2 aromatic heterocycles. The molecular formula is C19H21BrN4OS2. The molecular weight excluding hydrogens is 444 g/mol. The maximum Gasteiger partial charge on any atom is 0.261 e. The second kappa shape index (κ2) is 8.26. The van der Waals surface area contributed by atoms with E-state index in [0.29, 0.717) is 6.54 Å². The molecule has 0 aliphatic carbocycles. The standard InChI is InChI=1S/C19H21BrN4OS2/c1-13-3-2-4-14-17(13)22-19(27-14)24-11-9-23(10-12-24)8-7-21-18(25)15-5-6-16(20)26-15/h2-6H,7-12H2,1H3,(H,21,25). The summed E-state index contributed by atoms with van der Waals surface area (Å²) in [5, 5.41) is 4.13. The lowest BCUT2D eigenvalue weighted by Crippen LogP contribution is -2.48. The number of thiazole rings is 1. The molecule has 0 bridgehead atoms. The zero-order valence-electron chi connectivity index (χ0n) is 15.1. The summed E-state index contributed by atoms with van der Waals surface area (Å²) in [5.74, 6) is 0.00850. The second-order valence-electron chi connectivity index (χ2n) is 6.61. The molecule has 1 fully saturated rings. The number of rotatable bonds is 5. The van der Waals surface area contributed by atoms with E-state index in [1.165, 1.54) is 21.6 Å². The average Bonchev–Trinajstić information content (AvgIpc) is 3.29. The third-order valence-corrected chi connectivity index (χ3v) is 7.47. The summed E-state index contributed by atoms with van der Waals surface area (Å²) in [6.07, 6.45) is 0. The number of hydrogen-bond acceptors (Lipinski definition) is 6. The van der Waals surface area contributed by atoms with Gasteiger partial charge in [-0.1, -0.05) is 23.5 Å². The predicted molar refractivity (Wildman–Crippen MR) is 117 cm³/mol. The summed E-state index contributed by atoms with van der Waals surface area (Å²) in [7, 11) is 0. The summed E-state index contributed by atoms with van der Waals surface area (Å²) in [6.45, 7) is 7.62. The Morgan fingerprint density at radius 1 is 1.19 bits per heavy atom. The number of benzene rings is 1. The Hall–Kier alpha value is -1.48. The van der Waals surface area contributed by atoms with Gasteiger partial charge in [0.2, 0.25) is 0 Å². The van der Waals surface area contributed by atoms with Crippen LogP contribution in [0.2, 0.25) is 0 Å². The maximum absolute atomic E-state index is 12.1. The molecule has 0 saturated carbocycles. The Labute approximate surface area is 175 Å².